The number of carbonyl (C=O) groups excluding carboxylic acids is 1. The van der Waals surface area contributed by atoms with Gasteiger partial charge in [0.15, 0.2) is 0 Å². The highest BCUT2D eigenvalue weighted by Crippen LogP contribution is 2.36. The quantitative estimate of drug-likeness (QED) is 0.673. The molecule has 1 aromatic carbocycles. The van der Waals surface area contributed by atoms with E-state index < -0.39 is 22.2 Å². The van der Waals surface area contributed by atoms with Gasteiger partial charge in [0.25, 0.3) is 0 Å². The van der Waals surface area contributed by atoms with E-state index >= 15 is 0 Å². The lowest BCUT2D eigenvalue weighted by molar-refractivity contribution is -0.138. The number of nitrogens with zero attached hydrogens (tertiary/aromatic N) is 3. The fourth-order valence-electron chi connectivity index (χ4n) is 4.48. The number of aliphatic hydroxyl groups excluding tert-OH is 1. The molecule has 184 valence electrons. The number of hydrogen-bond acceptors (Lipinski definition) is 6. The lowest BCUT2D eigenvalue weighted by atomic mass is 9.84. The fraction of sp³-hybridized carbons (Fsp3) is 0.520. The van der Waals surface area contributed by atoms with Crippen LogP contribution in [-0.4, -0.2) is 72.5 Å². The highest BCUT2D eigenvalue weighted by Gasteiger charge is 2.39. The third-order valence-electron chi connectivity index (χ3n) is 6.95. The predicted octanol–water partition coefficient (Wildman–Crippen LogP) is 2.78. The van der Waals surface area contributed by atoms with E-state index in [4.69, 9.17) is 4.74 Å². The summed E-state index contributed by atoms with van der Waals surface area (Å²) in [5.74, 6) is 0.222. The van der Waals surface area contributed by atoms with Crippen molar-refractivity contribution in [2.75, 3.05) is 26.7 Å². The number of aliphatic hydroxyl groups is 1. The van der Waals surface area contributed by atoms with Crippen molar-refractivity contribution in [2.45, 2.75) is 50.2 Å². The lowest BCUT2D eigenvalue weighted by Gasteiger charge is -2.38. The van der Waals surface area contributed by atoms with E-state index in [1.165, 1.54) is 4.31 Å². The van der Waals surface area contributed by atoms with Crippen molar-refractivity contribution in [1.29, 1.82) is 0 Å². The Balaban J connectivity index is 1.74. The number of rotatable bonds is 6. The van der Waals surface area contributed by atoms with E-state index in [1.54, 1.807) is 49.5 Å². The van der Waals surface area contributed by atoms with E-state index in [0.29, 0.717) is 6.54 Å². The van der Waals surface area contributed by atoms with Gasteiger partial charge in [-0.3, -0.25) is 9.78 Å². The molecule has 2 aromatic rings. The van der Waals surface area contributed by atoms with Crippen molar-refractivity contribution < 1.29 is 23.1 Å². The highest BCUT2D eigenvalue weighted by molar-refractivity contribution is 7.89. The van der Waals surface area contributed by atoms with Crippen LogP contribution < -0.4 is 4.74 Å². The summed E-state index contributed by atoms with van der Waals surface area (Å²) < 4.78 is 34.9. The second-order valence-corrected chi connectivity index (χ2v) is 11.3. The van der Waals surface area contributed by atoms with Crippen LogP contribution >= 0.6 is 0 Å². The Morgan fingerprint density at radius 3 is 2.68 bits per heavy atom. The first kappa shape index (κ1) is 24.6. The van der Waals surface area contributed by atoms with E-state index in [-0.39, 0.29) is 41.5 Å². The molecule has 8 nitrogen and oxygen atoms in total. The fourth-order valence-corrected chi connectivity index (χ4v) is 6.31. The monoisotopic (exact) mass is 487 g/mol. The van der Waals surface area contributed by atoms with Gasteiger partial charge in [0.2, 0.25) is 15.9 Å². The summed E-state index contributed by atoms with van der Waals surface area (Å²) in [4.78, 5) is 18.7. The number of benzene rings is 1. The molecule has 1 N–H and O–H groups in total. The maximum Gasteiger partial charge on any atom is 0.247 e. The zero-order valence-electron chi connectivity index (χ0n) is 19.9. The Kier molecular flexibility index (Phi) is 7.25. The second kappa shape index (κ2) is 10.0. The van der Waals surface area contributed by atoms with Crippen LogP contribution in [0.25, 0.3) is 11.1 Å². The number of sulfonamides is 1. The number of carbonyl (C=O) groups is 1. The molecule has 2 heterocycles. The number of fused-ring (bicyclic) bond motifs is 1. The van der Waals surface area contributed by atoms with E-state index in [0.717, 1.165) is 30.4 Å². The molecule has 1 aliphatic heterocycles. The molecule has 0 spiro atoms. The van der Waals surface area contributed by atoms with Gasteiger partial charge in [-0.25, -0.2) is 8.42 Å². The Bertz CT molecular complexity index is 1120. The summed E-state index contributed by atoms with van der Waals surface area (Å²) in [6, 6.07) is 8.15. The summed E-state index contributed by atoms with van der Waals surface area (Å²) in [7, 11) is -2.13. The van der Waals surface area contributed by atoms with Crippen LogP contribution in [0.3, 0.4) is 0 Å². The molecule has 2 aliphatic rings. The van der Waals surface area contributed by atoms with Crippen molar-refractivity contribution in [3.05, 3.63) is 42.7 Å². The molecular weight excluding hydrogens is 454 g/mol. The Morgan fingerprint density at radius 2 is 2.06 bits per heavy atom. The van der Waals surface area contributed by atoms with Crippen molar-refractivity contribution in [3.8, 4) is 16.9 Å². The highest BCUT2D eigenvalue weighted by atomic mass is 32.2. The molecule has 4 rings (SSSR count). The molecule has 0 unspecified atom stereocenters. The molecule has 1 amide bonds. The normalized spacial score (nSPS) is 23.5. The van der Waals surface area contributed by atoms with Gasteiger partial charge in [0.1, 0.15) is 16.7 Å². The van der Waals surface area contributed by atoms with Gasteiger partial charge < -0.3 is 14.7 Å². The van der Waals surface area contributed by atoms with Gasteiger partial charge in [0, 0.05) is 49.4 Å². The van der Waals surface area contributed by atoms with E-state index in [1.807, 2.05) is 19.1 Å². The van der Waals surface area contributed by atoms with Crippen molar-refractivity contribution in [1.82, 2.24) is 14.2 Å². The minimum atomic E-state index is -3.91. The smallest absolute Gasteiger partial charge is 0.247 e. The Labute approximate surface area is 201 Å². The molecular formula is C25H33N3O5S. The van der Waals surface area contributed by atoms with Gasteiger partial charge in [0.05, 0.1) is 13.2 Å². The topological polar surface area (TPSA) is 100 Å². The van der Waals surface area contributed by atoms with Crippen molar-refractivity contribution in [2.24, 2.45) is 11.8 Å². The zero-order chi connectivity index (χ0) is 24.5. The standard InChI is InChI=1S/C25H33N3O5S/c1-17-14-28(18(2)16-29)34(31,32)24-10-9-20(21-8-5-11-26-13-21)12-22(24)33-23(17)15-27(3)25(30)19-6-4-7-19/h5,8-13,17-19,23,29H,4,6-7,14-16H2,1-3H3/t17-,18+,23+/m0/s1. The van der Waals surface area contributed by atoms with Gasteiger partial charge in [-0.2, -0.15) is 4.31 Å². The van der Waals surface area contributed by atoms with E-state index in [9.17, 15) is 18.3 Å². The summed E-state index contributed by atoms with van der Waals surface area (Å²) in [6.45, 7) is 3.87. The molecule has 34 heavy (non-hydrogen) atoms. The SMILES string of the molecule is C[C@H](CO)N1C[C@H](C)[C@@H](CN(C)C(=O)C2CCC2)Oc2cc(-c3cccnc3)ccc2S1(=O)=O. The number of hydrogen-bond donors (Lipinski definition) is 1. The number of pyridine rings is 1. The van der Waals surface area contributed by atoms with Gasteiger partial charge >= 0.3 is 0 Å². The van der Waals surface area contributed by atoms with Crippen LogP contribution in [0.15, 0.2) is 47.6 Å². The third kappa shape index (κ3) is 4.82. The molecule has 1 fully saturated rings. The van der Waals surface area contributed by atoms with E-state index in [2.05, 4.69) is 4.98 Å². The summed E-state index contributed by atoms with van der Waals surface area (Å²) in [6.07, 6.45) is 5.89. The zero-order valence-corrected chi connectivity index (χ0v) is 20.7. The lowest BCUT2D eigenvalue weighted by Crippen LogP contribution is -2.50. The van der Waals surface area contributed by atoms with Gasteiger partial charge in [-0.05, 0) is 43.5 Å². The third-order valence-corrected chi connectivity index (χ3v) is 8.97. The number of ether oxygens (including phenoxy) is 1. The van der Waals surface area contributed by atoms with Crippen LogP contribution in [-0.2, 0) is 14.8 Å². The Morgan fingerprint density at radius 1 is 1.29 bits per heavy atom. The average Bonchev–Trinajstić information content (AvgIpc) is 2.79. The van der Waals surface area contributed by atoms with Crippen LogP contribution in [0, 0.1) is 11.8 Å². The first-order valence-electron chi connectivity index (χ1n) is 11.8. The molecule has 1 aliphatic carbocycles. The first-order chi connectivity index (χ1) is 16.2. The number of likely N-dealkylation sites (N-methyl/N-ethyl adjacent to an activating group) is 1. The number of amides is 1. The molecule has 0 saturated heterocycles. The second-order valence-electron chi connectivity index (χ2n) is 9.49. The van der Waals surface area contributed by atoms with Crippen molar-refractivity contribution >= 4 is 15.9 Å². The maximum atomic E-state index is 13.6. The van der Waals surface area contributed by atoms with Crippen LogP contribution in [0.5, 0.6) is 5.75 Å². The summed E-state index contributed by atoms with van der Waals surface area (Å²) in [5, 5.41) is 9.79. The van der Waals surface area contributed by atoms with Gasteiger partial charge in [-0.15, -0.1) is 0 Å². The van der Waals surface area contributed by atoms with Crippen molar-refractivity contribution in [3.63, 3.8) is 0 Å². The van der Waals surface area contributed by atoms with Crippen LogP contribution in [0.4, 0.5) is 0 Å². The molecule has 0 radical (unpaired) electrons. The van der Waals surface area contributed by atoms with Crippen LogP contribution in [0.1, 0.15) is 33.1 Å². The molecule has 1 saturated carbocycles. The Hall–Kier alpha value is -2.49. The summed E-state index contributed by atoms with van der Waals surface area (Å²) >= 11 is 0. The first-order valence-corrected chi connectivity index (χ1v) is 13.2. The largest absolute Gasteiger partial charge is 0.487 e. The minimum absolute atomic E-state index is 0.0605. The molecule has 0 bridgehead atoms. The summed E-state index contributed by atoms with van der Waals surface area (Å²) in [5.41, 5.74) is 1.63. The maximum absolute atomic E-state index is 13.6. The molecule has 3 atom stereocenters. The van der Waals surface area contributed by atoms with Gasteiger partial charge in [-0.1, -0.05) is 25.5 Å². The molecule has 1 aromatic heterocycles. The predicted molar refractivity (Wildman–Crippen MR) is 129 cm³/mol. The van der Waals surface area contributed by atoms with Crippen LogP contribution in [0.2, 0.25) is 0 Å². The minimum Gasteiger partial charge on any atom is -0.487 e. The molecule has 9 heteroatoms. The average molecular weight is 488 g/mol. The number of aromatic nitrogens is 1.